The predicted octanol–water partition coefficient (Wildman–Crippen LogP) is 18.4. The maximum Gasteiger partial charge on any atom is 0.162 e. The first-order valence-electron chi connectivity index (χ1n) is 29.8. The molecular formula is C70H88O4S4+4. The van der Waals surface area contributed by atoms with Crippen LogP contribution in [0.15, 0.2) is 165 Å². The second kappa shape index (κ2) is 30.8. The zero-order valence-corrected chi connectivity index (χ0v) is 50.8. The third kappa shape index (κ3) is 15.0. The molecule has 4 heterocycles. The van der Waals surface area contributed by atoms with Gasteiger partial charge in [0.05, 0.1) is 26.9 Å². The number of hydrogen-bond acceptors (Lipinski definition) is 4. The van der Waals surface area contributed by atoms with Gasteiger partial charge in [0.15, 0.2) is 19.6 Å². The molecule has 4 aliphatic rings. The van der Waals surface area contributed by atoms with Crippen molar-refractivity contribution in [2.45, 2.75) is 137 Å². The minimum atomic E-state index is 0.446. The van der Waals surface area contributed by atoms with Gasteiger partial charge in [0, 0.05) is 86.7 Å². The number of hydrogen-bond donors (Lipinski definition) is 0. The molecule has 12 rings (SSSR count). The van der Waals surface area contributed by atoms with Gasteiger partial charge in [-0.3, -0.25) is 0 Å². The summed E-state index contributed by atoms with van der Waals surface area (Å²) in [5.74, 6) is 15.1. The lowest BCUT2D eigenvalue weighted by Gasteiger charge is -2.16. The Labute approximate surface area is 480 Å². The van der Waals surface area contributed by atoms with E-state index < -0.39 is 0 Å². The van der Waals surface area contributed by atoms with Crippen molar-refractivity contribution in [3.8, 4) is 23.0 Å². The van der Waals surface area contributed by atoms with Crippen LogP contribution in [0.1, 0.15) is 117 Å². The summed E-state index contributed by atoms with van der Waals surface area (Å²) in [6, 6.07) is 52.8. The summed E-state index contributed by atoms with van der Waals surface area (Å²) in [6.07, 6.45) is 20.2. The molecule has 0 bridgehead atoms. The van der Waals surface area contributed by atoms with Crippen LogP contribution in [0.3, 0.4) is 0 Å². The van der Waals surface area contributed by atoms with E-state index in [-0.39, 0.29) is 0 Å². The van der Waals surface area contributed by atoms with Crippen LogP contribution in [0.5, 0.6) is 23.0 Å². The molecule has 4 nitrogen and oxygen atoms in total. The molecular weight excluding hydrogens is 1030 g/mol. The molecule has 412 valence electrons. The Morgan fingerprint density at radius 3 is 0.872 bits per heavy atom. The highest BCUT2D eigenvalue weighted by molar-refractivity contribution is 7.98. The number of benzene rings is 8. The quantitative estimate of drug-likeness (QED) is 0.0803. The summed E-state index contributed by atoms with van der Waals surface area (Å²) >= 11 is 0. The fraction of sp³-hybridized carbons (Fsp3) is 0.429. The maximum atomic E-state index is 6.01. The van der Waals surface area contributed by atoms with Crippen molar-refractivity contribution in [1.82, 2.24) is 0 Å². The standard InChI is InChI=1S/C19H25OS.C18H23OS.C17H21OS.C16H19OS/c1-2-3-13-20-18-11-12-19(21-14-7-4-8-15-21)17-10-6-5-9-16(17)18;1-2-12-19-17-10-11-18(20-13-6-3-7-14-20)16-9-5-4-8-15(16)17;1-2-18-16-10-11-17(19-12-6-3-7-13-19)15-9-5-4-8-14(15)16;1-17-15-9-10-16(18-11-5-2-6-12-18)14-8-4-3-7-13(14)15/h5-6,9-12H,2-4,7-8,13-15H2,1H3;4-5,8-11H,2-3,6-7,12-14H2,1H3;4-5,8-11H,2-3,6-7,12-13H2,1H3;3-4,7-10H,2,5-6,11-12H2,1H3/q4*+1. The fourth-order valence-electron chi connectivity index (χ4n) is 11.4. The van der Waals surface area contributed by atoms with Crippen molar-refractivity contribution in [3.05, 3.63) is 146 Å². The molecule has 4 saturated heterocycles. The number of fused-ring (bicyclic) bond motifs is 4. The van der Waals surface area contributed by atoms with Crippen LogP contribution in [-0.4, -0.2) is 73.0 Å². The Kier molecular flexibility index (Phi) is 23.0. The van der Waals surface area contributed by atoms with Crippen molar-refractivity contribution in [2.75, 3.05) is 73.0 Å². The first-order chi connectivity index (χ1) is 38.6. The number of ether oxygens (including phenoxy) is 4. The fourth-order valence-corrected chi connectivity index (χ4v) is 21.4. The van der Waals surface area contributed by atoms with Gasteiger partial charge >= 0.3 is 0 Å². The first-order valence-corrected chi connectivity index (χ1v) is 36.0. The highest BCUT2D eigenvalue weighted by Gasteiger charge is 2.31. The number of methoxy groups -OCH3 is 1. The first kappa shape index (κ1) is 58.1. The third-order valence-corrected chi connectivity index (χ3v) is 25.6. The largest absolute Gasteiger partial charge is 0.496 e. The van der Waals surface area contributed by atoms with Crippen molar-refractivity contribution < 1.29 is 18.9 Å². The molecule has 0 saturated carbocycles. The molecule has 8 aromatic carbocycles. The molecule has 0 atom stereocenters. The Hall–Kier alpha value is -4.60. The Morgan fingerprint density at radius 1 is 0.295 bits per heavy atom. The van der Waals surface area contributed by atoms with E-state index in [1.165, 1.54) is 173 Å². The molecule has 8 aromatic rings. The number of rotatable bonds is 14. The summed E-state index contributed by atoms with van der Waals surface area (Å²) in [6.45, 7) is 8.76. The minimum Gasteiger partial charge on any atom is -0.496 e. The van der Waals surface area contributed by atoms with Crippen molar-refractivity contribution >= 4 is 86.7 Å². The van der Waals surface area contributed by atoms with Gasteiger partial charge in [-0.2, -0.15) is 0 Å². The number of unbranched alkanes of at least 4 members (excludes halogenated alkanes) is 1. The summed E-state index contributed by atoms with van der Waals surface area (Å²) in [5.41, 5.74) is 0. The molecule has 0 unspecified atom stereocenters. The molecule has 4 aliphatic heterocycles. The van der Waals surface area contributed by atoms with Gasteiger partial charge < -0.3 is 18.9 Å². The van der Waals surface area contributed by atoms with Gasteiger partial charge in [-0.25, -0.2) is 0 Å². The highest BCUT2D eigenvalue weighted by Crippen LogP contribution is 2.38. The average Bonchev–Trinajstić information content (AvgIpc) is 3.53. The van der Waals surface area contributed by atoms with E-state index in [1.807, 2.05) is 6.92 Å². The molecule has 0 N–H and O–H groups in total. The Bertz CT molecular complexity index is 3100. The summed E-state index contributed by atoms with van der Waals surface area (Å²) in [5, 5.41) is 10.7. The maximum absolute atomic E-state index is 6.01. The predicted molar refractivity (Wildman–Crippen MR) is 347 cm³/mol. The van der Waals surface area contributed by atoms with E-state index in [1.54, 1.807) is 26.7 Å². The van der Waals surface area contributed by atoms with Crippen LogP contribution in [0.4, 0.5) is 0 Å². The van der Waals surface area contributed by atoms with Crippen LogP contribution in [0, 0.1) is 0 Å². The SMILES string of the molecule is CCCCOc1ccc([S+]2CCCCC2)c2ccccc12.CCCOc1ccc([S+]2CCCCC2)c2ccccc12.CCOc1ccc([S+]2CCCCC2)c2ccccc12.COc1ccc([S+]2CCCCC2)c2ccccc12. The van der Waals surface area contributed by atoms with E-state index in [0.717, 1.165) is 55.7 Å². The molecule has 0 aromatic heterocycles. The van der Waals surface area contributed by atoms with E-state index in [2.05, 4.69) is 159 Å². The summed E-state index contributed by atoms with van der Waals surface area (Å²) in [4.78, 5) is 6.22. The Morgan fingerprint density at radius 2 is 0.577 bits per heavy atom. The third-order valence-electron chi connectivity index (χ3n) is 15.5. The minimum absolute atomic E-state index is 0.446. The van der Waals surface area contributed by atoms with E-state index in [0.29, 0.717) is 43.6 Å². The normalized spacial score (nSPS) is 16.6. The van der Waals surface area contributed by atoms with Gasteiger partial charge in [0.25, 0.3) is 0 Å². The van der Waals surface area contributed by atoms with Crippen LogP contribution >= 0.6 is 0 Å². The molecule has 0 aliphatic carbocycles. The highest BCUT2D eigenvalue weighted by atomic mass is 32.2. The molecule has 4 fully saturated rings. The van der Waals surface area contributed by atoms with Crippen molar-refractivity contribution in [3.63, 3.8) is 0 Å². The second-order valence-corrected chi connectivity index (χ2v) is 29.9. The van der Waals surface area contributed by atoms with Crippen LogP contribution in [0.25, 0.3) is 43.1 Å². The molecule has 78 heavy (non-hydrogen) atoms. The lowest BCUT2D eigenvalue weighted by molar-refractivity contribution is 0.313. The van der Waals surface area contributed by atoms with Gasteiger partial charge in [0.2, 0.25) is 0 Å². The van der Waals surface area contributed by atoms with Crippen LogP contribution < -0.4 is 18.9 Å². The lowest BCUT2D eigenvalue weighted by Crippen LogP contribution is -2.18. The summed E-state index contributed by atoms with van der Waals surface area (Å²) in [7, 11) is 3.55. The monoisotopic (exact) mass is 1120 g/mol. The van der Waals surface area contributed by atoms with Crippen molar-refractivity contribution in [1.29, 1.82) is 0 Å². The average molecular weight is 1120 g/mol. The lowest BCUT2D eigenvalue weighted by atomic mass is 10.1. The molecule has 0 radical (unpaired) electrons. The van der Waals surface area contributed by atoms with Gasteiger partial charge in [0.1, 0.15) is 69.0 Å². The topological polar surface area (TPSA) is 36.9 Å². The zero-order chi connectivity index (χ0) is 53.7. The van der Waals surface area contributed by atoms with E-state index in [9.17, 15) is 0 Å². The van der Waals surface area contributed by atoms with E-state index in [4.69, 9.17) is 18.9 Å². The smallest absolute Gasteiger partial charge is 0.162 e. The van der Waals surface area contributed by atoms with Gasteiger partial charge in [-0.05, 0) is 170 Å². The zero-order valence-electron chi connectivity index (χ0n) is 47.5. The van der Waals surface area contributed by atoms with Gasteiger partial charge in [-0.15, -0.1) is 0 Å². The van der Waals surface area contributed by atoms with Crippen LogP contribution in [-0.2, 0) is 43.6 Å². The van der Waals surface area contributed by atoms with Gasteiger partial charge in [-0.1, -0.05) is 93.1 Å². The van der Waals surface area contributed by atoms with E-state index >= 15 is 0 Å². The molecule has 0 amide bonds. The van der Waals surface area contributed by atoms with Crippen LogP contribution in [0.2, 0.25) is 0 Å². The molecule has 0 spiro atoms. The second-order valence-electron chi connectivity index (χ2n) is 21.0. The van der Waals surface area contributed by atoms with Crippen molar-refractivity contribution in [2.24, 2.45) is 0 Å². The molecule has 8 heteroatoms. The summed E-state index contributed by atoms with van der Waals surface area (Å²) < 4.78 is 23.2. The Balaban J connectivity index is 0.000000127.